The lowest BCUT2D eigenvalue weighted by atomic mass is 10.2. The molecule has 1 aliphatic heterocycles. The molecule has 0 aliphatic carbocycles. The molecule has 3 rings (SSSR count). The molecule has 8 heteroatoms. The van der Waals surface area contributed by atoms with Crippen molar-refractivity contribution in [2.75, 3.05) is 18.9 Å². The monoisotopic (exact) mass is 378 g/mol. The Hall–Kier alpha value is -1.98. The van der Waals surface area contributed by atoms with E-state index in [1.165, 1.54) is 18.0 Å². The third-order valence-corrected chi connectivity index (χ3v) is 4.63. The molecule has 0 atom stereocenters. The molecule has 6 nitrogen and oxygen atoms in total. The quantitative estimate of drug-likeness (QED) is 0.647. The summed E-state index contributed by atoms with van der Waals surface area (Å²) < 4.78 is 12.0. The van der Waals surface area contributed by atoms with Crippen LogP contribution in [0.4, 0.5) is 5.82 Å². The van der Waals surface area contributed by atoms with Crippen molar-refractivity contribution in [1.82, 2.24) is 9.97 Å². The summed E-state index contributed by atoms with van der Waals surface area (Å²) in [6, 6.07) is 5.79. The first-order valence-electron chi connectivity index (χ1n) is 6.41. The number of anilines is 1. The Bertz CT molecular complexity index is 763. The maximum atomic E-state index is 8.82. The Labute approximate surface area is 139 Å². The molecule has 0 unspecified atom stereocenters. The van der Waals surface area contributed by atoms with E-state index in [4.69, 9.17) is 20.5 Å². The van der Waals surface area contributed by atoms with Gasteiger partial charge in [-0.2, -0.15) is 5.26 Å². The molecule has 1 aromatic carbocycles. The van der Waals surface area contributed by atoms with Crippen molar-refractivity contribution < 1.29 is 9.47 Å². The molecule has 0 spiro atoms. The molecule has 0 saturated heterocycles. The molecule has 2 aromatic rings. The molecule has 1 aromatic heterocycles. The first-order valence-corrected chi connectivity index (χ1v) is 8.18. The summed E-state index contributed by atoms with van der Waals surface area (Å²) in [6.07, 6.45) is 1.43. The van der Waals surface area contributed by atoms with E-state index in [0.717, 1.165) is 21.5 Å². The number of hydrogen-bond donors (Lipinski definition) is 1. The lowest BCUT2D eigenvalue weighted by Crippen LogP contribution is -2.15. The smallest absolute Gasteiger partial charge is 0.189 e. The van der Waals surface area contributed by atoms with Gasteiger partial charge in [-0.15, -0.1) is 0 Å². The Kier molecular flexibility index (Phi) is 4.36. The maximum Gasteiger partial charge on any atom is 0.189 e. The third-order valence-electron chi connectivity index (χ3n) is 2.98. The molecule has 0 saturated carbocycles. The highest BCUT2D eigenvalue weighted by atomic mass is 79.9. The predicted octanol–water partition coefficient (Wildman–Crippen LogP) is 2.76. The van der Waals surface area contributed by atoms with Gasteiger partial charge >= 0.3 is 0 Å². The number of ether oxygens (including phenoxy) is 2. The second kappa shape index (κ2) is 6.42. The Morgan fingerprint density at radius 3 is 2.73 bits per heavy atom. The topological polar surface area (TPSA) is 94.0 Å². The Morgan fingerprint density at radius 1 is 1.32 bits per heavy atom. The van der Waals surface area contributed by atoms with Crippen LogP contribution in [0.15, 0.2) is 28.0 Å². The van der Waals surface area contributed by atoms with Gasteiger partial charge in [0.15, 0.2) is 16.7 Å². The summed E-state index contributed by atoms with van der Waals surface area (Å²) in [7, 11) is 0. The van der Waals surface area contributed by atoms with E-state index in [1.54, 1.807) is 0 Å². The average Bonchev–Trinajstić information content (AvgIpc) is 2.53. The molecular weight excluding hydrogens is 368 g/mol. The van der Waals surface area contributed by atoms with Crippen molar-refractivity contribution in [1.29, 1.82) is 5.26 Å². The number of halogens is 1. The molecule has 0 fully saturated rings. The number of fused-ring (bicyclic) bond motifs is 1. The van der Waals surface area contributed by atoms with E-state index in [0.29, 0.717) is 24.1 Å². The number of nitrogen functional groups attached to an aromatic ring is 1. The number of thioether (sulfide) groups is 1. The molecule has 0 amide bonds. The van der Waals surface area contributed by atoms with Crippen LogP contribution in [0.2, 0.25) is 0 Å². The van der Waals surface area contributed by atoms with Crippen molar-refractivity contribution >= 4 is 33.5 Å². The first kappa shape index (κ1) is 14.9. The summed E-state index contributed by atoms with van der Waals surface area (Å²) in [4.78, 5) is 8.23. The lowest BCUT2D eigenvalue weighted by Gasteiger charge is -2.19. The number of benzene rings is 1. The van der Waals surface area contributed by atoms with E-state index in [9.17, 15) is 0 Å². The van der Waals surface area contributed by atoms with Crippen LogP contribution in [0.5, 0.6) is 11.5 Å². The van der Waals surface area contributed by atoms with Crippen LogP contribution in [-0.4, -0.2) is 23.2 Å². The number of aromatic nitrogens is 2. The SMILES string of the molecule is N#Cc1cnc(SCc2cc3c(cc2Br)OCCO3)nc1N. The van der Waals surface area contributed by atoms with Gasteiger partial charge in [-0.3, -0.25) is 0 Å². The normalized spacial score (nSPS) is 12.7. The fourth-order valence-electron chi connectivity index (χ4n) is 1.89. The summed E-state index contributed by atoms with van der Waals surface area (Å²) >= 11 is 4.96. The van der Waals surface area contributed by atoms with Gasteiger partial charge in [-0.25, -0.2) is 9.97 Å². The van der Waals surface area contributed by atoms with E-state index >= 15 is 0 Å². The van der Waals surface area contributed by atoms with Crippen molar-refractivity contribution in [3.05, 3.63) is 33.9 Å². The fraction of sp³-hybridized carbons (Fsp3) is 0.214. The van der Waals surface area contributed by atoms with E-state index < -0.39 is 0 Å². The van der Waals surface area contributed by atoms with Gasteiger partial charge in [0, 0.05) is 10.2 Å². The minimum Gasteiger partial charge on any atom is -0.486 e. The molecular formula is C14H11BrN4O2S. The van der Waals surface area contributed by atoms with Crippen molar-refractivity contribution in [3.8, 4) is 17.6 Å². The molecule has 22 heavy (non-hydrogen) atoms. The van der Waals surface area contributed by atoms with Gasteiger partial charge < -0.3 is 15.2 Å². The van der Waals surface area contributed by atoms with Crippen molar-refractivity contribution in [2.45, 2.75) is 10.9 Å². The highest BCUT2D eigenvalue weighted by Gasteiger charge is 2.15. The van der Waals surface area contributed by atoms with E-state index in [1.807, 2.05) is 18.2 Å². The average molecular weight is 379 g/mol. The molecule has 2 heterocycles. The molecule has 0 radical (unpaired) electrons. The van der Waals surface area contributed by atoms with Gasteiger partial charge in [-0.05, 0) is 17.7 Å². The van der Waals surface area contributed by atoms with Crippen LogP contribution in [0.25, 0.3) is 0 Å². The van der Waals surface area contributed by atoms with Gasteiger partial charge in [0.25, 0.3) is 0 Å². The summed E-state index contributed by atoms with van der Waals surface area (Å²) in [5.74, 6) is 2.32. The van der Waals surface area contributed by atoms with E-state index in [-0.39, 0.29) is 11.4 Å². The Morgan fingerprint density at radius 2 is 2.05 bits per heavy atom. The van der Waals surface area contributed by atoms with Crippen LogP contribution < -0.4 is 15.2 Å². The second-order valence-corrected chi connectivity index (χ2v) is 6.24. The largest absolute Gasteiger partial charge is 0.486 e. The highest BCUT2D eigenvalue weighted by molar-refractivity contribution is 9.10. The van der Waals surface area contributed by atoms with Gasteiger partial charge in [0.05, 0.1) is 6.20 Å². The standard InChI is InChI=1S/C14H11BrN4O2S/c15-10-4-12-11(20-1-2-21-12)3-8(10)7-22-14-18-6-9(5-16)13(17)19-14/h3-4,6H,1-2,7H2,(H2,17,18,19). The van der Waals surface area contributed by atoms with Crippen molar-refractivity contribution in [3.63, 3.8) is 0 Å². The highest BCUT2D eigenvalue weighted by Crippen LogP contribution is 2.37. The summed E-state index contributed by atoms with van der Waals surface area (Å²) in [5, 5.41) is 9.34. The zero-order valence-electron chi connectivity index (χ0n) is 11.4. The Balaban J connectivity index is 1.76. The van der Waals surface area contributed by atoms with Crippen LogP contribution in [0, 0.1) is 11.3 Å². The summed E-state index contributed by atoms with van der Waals surface area (Å²) in [5.41, 5.74) is 7.01. The number of nitriles is 1. The number of nitrogens with zero attached hydrogens (tertiary/aromatic N) is 3. The fourth-order valence-corrected chi connectivity index (χ4v) is 3.35. The lowest BCUT2D eigenvalue weighted by molar-refractivity contribution is 0.171. The van der Waals surface area contributed by atoms with Gasteiger partial charge in [0.2, 0.25) is 0 Å². The van der Waals surface area contributed by atoms with Crippen molar-refractivity contribution in [2.24, 2.45) is 0 Å². The minimum atomic E-state index is 0.196. The third kappa shape index (κ3) is 3.10. The second-order valence-electron chi connectivity index (χ2n) is 4.44. The number of nitrogens with two attached hydrogens (primary N) is 1. The van der Waals surface area contributed by atoms with Crippen LogP contribution in [0.1, 0.15) is 11.1 Å². The number of rotatable bonds is 3. The predicted molar refractivity (Wildman–Crippen MR) is 85.9 cm³/mol. The summed E-state index contributed by atoms with van der Waals surface area (Å²) in [6.45, 7) is 1.11. The molecule has 1 aliphatic rings. The zero-order valence-corrected chi connectivity index (χ0v) is 13.8. The van der Waals surface area contributed by atoms with Gasteiger partial charge in [0.1, 0.15) is 30.7 Å². The molecule has 0 bridgehead atoms. The van der Waals surface area contributed by atoms with Crippen LogP contribution in [0.3, 0.4) is 0 Å². The molecule has 2 N–H and O–H groups in total. The van der Waals surface area contributed by atoms with Crippen LogP contribution >= 0.6 is 27.7 Å². The zero-order chi connectivity index (χ0) is 15.5. The van der Waals surface area contributed by atoms with E-state index in [2.05, 4.69) is 25.9 Å². The first-order chi connectivity index (χ1) is 10.7. The molecule has 112 valence electrons. The van der Waals surface area contributed by atoms with Gasteiger partial charge in [-0.1, -0.05) is 27.7 Å². The van der Waals surface area contributed by atoms with Crippen LogP contribution in [-0.2, 0) is 5.75 Å². The maximum absolute atomic E-state index is 8.82. The number of hydrogen-bond acceptors (Lipinski definition) is 7. The minimum absolute atomic E-state index is 0.196.